The number of anilines is 1. The highest BCUT2D eigenvalue weighted by molar-refractivity contribution is 7.80. The minimum Gasteiger partial charge on any atom is -0.726 e. The van der Waals surface area contributed by atoms with E-state index in [-0.39, 0.29) is 0 Å². The Labute approximate surface area is 183 Å². The third-order valence-electron chi connectivity index (χ3n) is 4.66. The van der Waals surface area contributed by atoms with Crippen molar-refractivity contribution in [3.05, 3.63) is 71.9 Å². The lowest BCUT2D eigenvalue weighted by molar-refractivity contribution is -0.740. The SMILES string of the molecule is COS(=O)(=O)[O-].Cc1cc(N=Nc2ccc(N(C)Cc3ccccc3)cc2)[n+](C)n1C. The van der Waals surface area contributed by atoms with Crippen molar-refractivity contribution in [3.63, 3.8) is 0 Å². The average Bonchev–Trinajstić information content (AvgIpc) is 3.00. The van der Waals surface area contributed by atoms with Crippen molar-refractivity contribution in [1.82, 2.24) is 4.68 Å². The van der Waals surface area contributed by atoms with Gasteiger partial charge in [0.15, 0.2) is 0 Å². The van der Waals surface area contributed by atoms with Crippen LogP contribution in [0.1, 0.15) is 11.3 Å². The summed E-state index contributed by atoms with van der Waals surface area (Å²) < 4.78 is 35.0. The predicted octanol–water partition coefficient (Wildman–Crippen LogP) is 3.30. The largest absolute Gasteiger partial charge is 0.726 e. The van der Waals surface area contributed by atoms with E-state index < -0.39 is 10.4 Å². The zero-order valence-corrected chi connectivity index (χ0v) is 19.1. The Kier molecular flexibility index (Phi) is 8.43. The van der Waals surface area contributed by atoms with Gasteiger partial charge >= 0.3 is 5.82 Å². The van der Waals surface area contributed by atoms with Gasteiger partial charge in [-0.1, -0.05) is 30.3 Å². The molecule has 0 unspecified atom stereocenters. The summed E-state index contributed by atoms with van der Waals surface area (Å²) in [5.74, 6) is 0.838. The number of hydrogen-bond acceptors (Lipinski definition) is 7. The van der Waals surface area contributed by atoms with Crippen molar-refractivity contribution in [2.24, 2.45) is 24.3 Å². The Hall–Kier alpha value is -3.08. The molecule has 0 spiro atoms. The fourth-order valence-electron chi connectivity index (χ4n) is 2.69. The molecule has 166 valence electrons. The van der Waals surface area contributed by atoms with E-state index in [0.717, 1.165) is 36.5 Å². The highest BCUT2D eigenvalue weighted by atomic mass is 32.3. The van der Waals surface area contributed by atoms with Crippen molar-refractivity contribution in [2.75, 3.05) is 19.1 Å². The maximum atomic E-state index is 9.22. The summed E-state index contributed by atoms with van der Waals surface area (Å²) >= 11 is 0. The summed E-state index contributed by atoms with van der Waals surface area (Å²) in [6, 6.07) is 20.6. The van der Waals surface area contributed by atoms with Crippen molar-refractivity contribution in [1.29, 1.82) is 0 Å². The van der Waals surface area contributed by atoms with Crippen molar-refractivity contribution in [3.8, 4) is 0 Å². The van der Waals surface area contributed by atoms with E-state index in [2.05, 4.69) is 69.7 Å². The van der Waals surface area contributed by atoms with Crippen LogP contribution in [0.2, 0.25) is 0 Å². The Morgan fingerprint density at radius 3 is 2.16 bits per heavy atom. The van der Waals surface area contributed by atoms with Gasteiger partial charge in [-0.2, -0.15) is 4.68 Å². The summed E-state index contributed by atoms with van der Waals surface area (Å²) in [6.45, 7) is 2.93. The molecule has 10 heteroatoms. The van der Waals surface area contributed by atoms with E-state index in [0.29, 0.717) is 0 Å². The quantitative estimate of drug-likeness (QED) is 0.251. The molecule has 0 fully saturated rings. The molecule has 0 saturated heterocycles. The van der Waals surface area contributed by atoms with E-state index in [1.54, 1.807) is 0 Å². The van der Waals surface area contributed by atoms with Gasteiger partial charge in [-0.25, -0.2) is 13.1 Å². The minimum absolute atomic E-state index is 0.808. The molecular weight excluding hydrogens is 418 g/mol. The van der Waals surface area contributed by atoms with Gasteiger partial charge in [-0.05, 0) is 41.9 Å². The van der Waals surface area contributed by atoms with E-state index >= 15 is 0 Å². The molecule has 0 saturated carbocycles. The normalized spacial score (nSPS) is 11.3. The van der Waals surface area contributed by atoms with Gasteiger partial charge in [0.25, 0.3) is 0 Å². The van der Waals surface area contributed by atoms with E-state index in [1.807, 2.05) is 47.7 Å². The van der Waals surface area contributed by atoms with Gasteiger partial charge in [-0.15, -0.1) is 0 Å². The monoisotopic (exact) mass is 445 g/mol. The Morgan fingerprint density at radius 2 is 1.68 bits per heavy atom. The molecule has 3 rings (SSSR count). The highest BCUT2D eigenvalue weighted by Gasteiger charge is 2.13. The number of aryl methyl sites for hydroxylation is 1. The fourth-order valence-corrected chi connectivity index (χ4v) is 2.69. The topological polar surface area (TPSA) is 103 Å². The third-order valence-corrected chi connectivity index (χ3v) is 5.06. The third kappa shape index (κ3) is 7.59. The van der Waals surface area contributed by atoms with Crippen LogP contribution in [-0.2, 0) is 35.2 Å². The molecule has 0 amide bonds. The molecule has 0 aliphatic carbocycles. The van der Waals surface area contributed by atoms with Crippen LogP contribution >= 0.6 is 0 Å². The van der Waals surface area contributed by atoms with Gasteiger partial charge in [0.05, 0.1) is 24.0 Å². The Balaban J connectivity index is 0.000000501. The number of rotatable bonds is 6. The molecule has 1 heterocycles. The van der Waals surface area contributed by atoms with Crippen LogP contribution in [0.5, 0.6) is 0 Å². The summed E-state index contributed by atoms with van der Waals surface area (Å²) in [4.78, 5) is 2.22. The highest BCUT2D eigenvalue weighted by Crippen LogP contribution is 2.22. The maximum Gasteiger partial charge on any atom is 0.370 e. The van der Waals surface area contributed by atoms with Gasteiger partial charge in [-0.3, -0.25) is 4.18 Å². The molecule has 1 aromatic heterocycles. The smallest absolute Gasteiger partial charge is 0.370 e. The standard InChI is InChI=1S/C20H24N5.CH4O4S/c1-16-14-20(25(4)24(16)3)22-21-18-10-12-19(13-11-18)23(2)15-17-8-6-5-7-9-17;1-5-6(2,3)4/h5-14H,15H2,1-4H3;1H3,(H,2,3,4)/q+1;/p-1. The van der Waals surface area contributed by atoms with Crippen molar-refractivity contribution >= 4 is 27.6 Å². The number of nitrogens with zero attached hydrogens (tertiary/aromatic N) is 5. The summed E-state index contributed by atoms with van der Waals surface area (Å²) in [7, 11) is 2.47. The number of hydrogen-bond donors (Lipinski definition) is 0. The van der Waals surface area contributed by atoms with E-state index in [4.69, 9.17) is 0 Å². The predicted molar refractivity (Wildman–Crippen MR) is 117 cm³/mol. The Morgan fingerprint density at radius 1 is 1.10 bits per heavy atom. The van der Waals surface area contributed by atoms with Crippen LogP contribution in [0.4, 0.5) is 17.2 Å². The van der Waals surface area contributed by atoms with Crippen LogP contribution in [0, 0.1) is 6.92 Å². The molecule has 0 radical (unpaired) electrons. The van der Waals surface area contributed by atoms with E-state index in [1.165, 1.54) is 5.56 Å². The zero-order valence-electron chi connectivity index (χ0n) is 18.3. The fraction of sp³-hybridized carbons (Fsp3) is 0.286. The second kappa shape index (κ2) is 10.8. The van der Waals surface area contributed by atoms with Crippen LogP contribution < -0.4 is 9.58 Å². The van der Waals surface area contributed by atoms with Gasteiger partial charge in [0.1, 0.15) is 12.7 Å². The summed E-state index contributed by atoms with van der Waals surface area (Å²) in [5.41, 5.74) is 4.44. The van der Waals surface area contributed by atoms with Crippen molar-refractivity contribution < 1.29 is 21.8 Å². The molecular formula is C21H27N5O4S. The van der Waals surface area contributed by atoms with Gasteiger partial charge in [0, 0.05) is 26.3 Å². The van der Waals surface area contributed by atoms with Crippen LogP contribution in [-0.4, -0.2) is 31.8 Å². The molecule has 0 aliphatic rings. The number of aromatic nitrogens is 2. The Bertz CT molecular complexity index is 1110. The van der Waals surface area contributed by atoms with Crippen LogP contribution in [0.25, 0.3) is 0 Å². The lowest BCUT2D eigenvalue weighted by Gasteiger charge is -2.19. The number of azo groups is 1. The first-order valence-corrected chi connectivity index (χ1v) is 10.7. The molecule has 0 atom stereocenters. The lowest BCUT2D eigenvalue weighted by atomic mass is 10.2. The molecule has 31 heavy (non-hydrogen) atoms. The van der Waals surface area contributed by atoms with Crippen molar-refractivity contribution in [2.45, 2.75) is 13.5 Å². The molecule has 9 nitrogen and oxygen atoms in total. The van der Waals surface area contributed by atoms with E-state index in [9.17, 15) is 13.0 Å². The summed E-state index contributed by atoms with van der Waals surface area (Å²) in [6.07, 6.45) is 0. The molecule has 0 N–H and O–H groups in total. The van der Waals surface area contributed by atoms with Crippen LogP contribution in [0.15, 0.2) is 70.9 Å². The average molecular weight is 446 g/mol. The second-order valence-corrected chi connectivity index (χ2v) is 7.97. The lowest BCUT2D eigenvalue weighted by Crippen LogP contribution is -2.37. The molecule has 0 bridgehead atoms. The molecule has 0 aliphatic heterocycles. The first-order chi connectivity index (χ1) is 14.6. The first-order valence-electron chi connectivity index (χ1n) is 9.41. The second-order valence-electron chi connectivity index (χ2n) is 6.82. The minimum atomic E-state index is -4.41. The van der Waals surface area contributed by atoms with Gasteiger partial charge < -0.3 is 9.45 Å². The maximum absolute atomic E-state index is 9.22. The summed E-state index contributed by atoms with van der Waals surface area (Å²) in [5, 5.41) is 8.70. The first kappa shape index (κ1) is 24.2. The molecule has 3 aromatic rings. The molecule has 2 aromatic carbocycles. The van der Waals surface area contributed by atoms with Crippen LogP contribution in [0.3, 0.4) is 0 Å². The zero-order chi connectivity index (χ0) is 23.0. The number of benzene rings is 2. The van der Waals surface area contributed by atoms with Gasteiger partial charge in [0.2, 0.25) is 10.4 Å².